The summed E-state index contributed by atoms with van der Waals surface area (Å²) in [6.45, 7) is 6.18. The monoisotopic (exact) mass is 170 g/mol. The molecule has 3 aliphatic rings. The van der Waals surface area contributed by atoms with Gasteiger partial charge in [-0.3, -0.25) is 0 Å². The van der Waals surface area contributed by atoms with Crippen LogP contribution in [0, 0.1) is 17.3 Å². The average molecular weight is 170 g/mol. The van der Waals surface area contributed by atoms with Gasteiger partial charge in [0.15, 0.2) is 0 Å². The zero-order valence-electron chi connectivity index (χ0n) is 8.04. The summed E-state index contributed by atoms with van der Waals surface area (Å²) in [6, 6.07) is 0. The van der Waals surface area contributed by atoms with Crippen LogP contribution in [0.3, 0.4) is 0 Å². The third-order valence-corrected chi connectivity index (χ3v) is 4.36. The lowest BCUT2D eigenvalue weighted by atomic mass is 9.43. The van der Waals surface area contributed by atoms with Crippen molar-refractivity contribution in [1.29, 1.82) is 0 Å². The third-order valence-electron chi connectivity index (χ3n) is 4.36. The van der Waals surface area contributed by atoms with Crippen LogP contribution in [-0.2, 0) is 0 Å². The molecule has 0 saturated heterocycles. The summed E-state index contributed by atoms with van der Waals surface area (Å²) in [7, 11) is 0. The Balaban J connectivity index is 2.27. The van der Waals surface area contributed by atoms with E-state index in [-0.39, 0.29) is 5.41 Å². The van der Waals surface area contributed by atoms with Crippen LogP contribution in [0.2, 0.25) is 0 Å². The van der Waals surface area contributed by atoms with Gasteiger partial charge in [-0.2, -0.15) is 0 Å². The molecule has 2 bridgehead atoms. The fraction of sp³-hybridized carbons (Fsp3) is 1.00. The van der Waals surface area contributed by atoms with Crippen molar-refractivity contribution in [2.75, 3.05) is 0 Å². The minimum Gasteiger partial charge on any atom is -0.390 e. The Kier molecular flexibility index (Phi) is 1.45. The first kappa shape index (κ1) is 8.52. The second kappa shape index (κ2) is 2.05. The van der Waals surface area contributed by atoms with Crippen LogP contribution < -0.4 is 0 Å². The smallest absolute Gasteiger partial charge is 0.0910 e. The molecule has 2 heteroatoms. The van der Waals surface area contributed by atoms with Crippen LogP contribution in [0.5, 0.6) is 0 Å². The van der Waals surface area contributed by atoms with E-state index in [1.165, 1.54) is 0 Å². The zero-order chi connectivity index (χ0) is 9.15. The Morgan fingerprint density at radius 2 is 1.75 bits per heavy atom. The number of hydrogen-bond acceptors (Lipinski definition) is 2. The van der Waals surface area contributed by atoms with Crippen molar-refractivity contribution in [3.63, 3.8) is 0 Å². The van der Waals surface area contributed by atoms with Gasteiger partial charge in [0.25, 0.3) is 0 Å². The quantitative estimate of drug-likeness (QED) is 0.573. The number of hydrogen-bond donors (Lipinski definition) is 2. The molecule has 0 unspecified atom stereocenters. The van der Waals surface area contributed by atoms with Gasteiger partial charge in [-0.25, -0.2) is 0 Å². The largest absolute Gasteiger partial charge is 0.390 e. The molecule has 0 radical (unpaired) electrons. The molecule has 0 aromatic rings. The van der Waals surface area contributed by atoms with Crippen LogP contribution in [0.25, 0.3) is 0 Å². The molecular weight excluding hydrogens is 152 g/mol. The van der Waals surface area contributed by atoms with E-state index < -0.39 is 11.7 Å². The number of rotatable bonds is 0. The molecule has 0 aromatic carbocycles. The molecule has 70 valence electrons. The Labute approximate surface area is 73.6 Å². The molecule has 3 saturated carbocycles. The average Bonchev–Trinajstić information content (AvgIpc) is 1.93. The molecule has 2 nitrogen and oxygen atoms in total. The minimum absolute atomic E-state index is 0.239. The Morgan fingerprint density at radius 3 is 2.08 bits per heavy atom. The number of fused-ring (bicyclic) bond motifs is 2. The van der Waals surface area contributed by atoms with Crippen molar-refractivity contribution in [2.24, 2.45) is 17.3 Å². The standard InChI is InChI=1S/C10H18O2/c1-9(2)6-4-7(9)10(3,12)8(11)5-6/h6-8,11-12H,4-5H2,1-3H3/t6-,7-,8-,10-/m1/s1. The first-order valence-corrected chi connectivity index (χ1v) is 4.77. The van der Waals surface area contributed by atoms with Crippen LogP contribution in [0.4, 0.5) is 0 Å². The summed E-state index contributed by atoms with van der Waals surface area (Å²) in [6.07, 6.45) is 1.36. The number of aliphatic hydroxyl groups is 2. The van der Waals surface area contributed by atoms with E-state index in [4.69, 9.17) is 0 Å². The van der Waals surface area contributed by atoms with Crippen molar-refractivity contribution in [1.82, 2.24) is 0 Å². The molecule has 0 aliphatic heterocycles. The Bertz CT molecular complexity index is 208. The van der Waals surface area contributed by atoms with E-state index in [1.807, 2.05) is 0 Å². The predicted molar refractivity (Wildman–Crippen MR) is 46.6 cm³/mol. The lowest BCUT2D eigenvalue weighted by Gasteiger charge is -2.64. The molecular formula is C10H18O2. The second-order valence-electron chi connectivity index (χ2n) is 5.28. The lowest BCUT2D eigenvalue weighted by molar-refractivity contribution is -0.245. The van der Waals surface area contributed by atoms with E-state index in [1.54, 1.807) is 6.92 Å². The SMILES string of the molecule is CC1(C)[C@H]2C[C@@H](O)[C@](C)(O)[C@@H]1C2. The van der Waals surface area contributed by atoms with Gasteiger partial charge in [-0.15, -0.1) is 0 Å². The molecule has 4 atom stereocenters. The van der Waals surface area contributed by atoms with Gasteiger partial charge in [0.1, 0.15) is 0 Å². The van der Waals surface area contributed by atoms with Gasteiger partial charge in [-0.1, -0.05) is 13.8 Å². The first-order chi connectivity index (χ1) is 5.37. The van der Waals surface area contributed by atoms with Crippen molar-refractivity contribution < 1.29 is 10.2 Å². The predicted octanol–water partition coefficient (Wildman–Crippen LogP) is 1.16. The zero-order valence-corrected chi connectivity index (χ0v) is 8.04. The molecule has 3 rings (SSSR count). The molecule has 3 fully saturated rings. The Hall–Kier alpha value is -0.0800. The summed E-state index contributed by atoms with van der Waals surface area (Å²) >= 11 is 0. The molecule has 0 amide bonds. The van der Waals surface area contributed by atoms with Gasteiger partial charge in [-0.05, 0) is 37.0 Å². The first-order valence-electron chi connectivity index (χ1n) is 4.77. The van der Waals surface area contributed by atoms with Gasteiger partial charge in [0.05, 0.1) is 11.7 Å². The topological polar surface area (TPSA) is 40.5 Å². The highest BCUT2D eigenvalue weighted by molar-refractivity contribution is 5.12. The highest BCUT2D eigenvalue weighted by atomic mass is 16.3. The summed E-state index contributed by atoms with van der Waals surface area (Å²) in [5.74, 6) is 0.913. The van der Waals surface area contributed by atoms with Gasteiger partial charge in [0.2, 0.25) is 0 Å². The van der Waals surface area contributed by atoms with Crippen LogP contribution in [0.15, 0.2) is 0 Å². The lowest BCUT2D eigenvalue weighted by Crippen LogP contribution is -2.66. The van der Waals surface area contributed by atoms with Crippen molar-refractivity contribution in [3.05, 3.63) is 0 Å². The summed E-state index contributed by atoms with van der Waals surface area (Å²) in [5, 5.41) is 19.7. The molecule has 2 N–H and O–H groups in total. The summed E-state index contributed by atoms with van der Waals surface area (Å²) < 4.78 is 0. The van der Waals surface area contributed by atoms with E-state index >= 15 is 0 Å². The molecule has 0 aromatic heterocycles. The van der Waals surface area contributed by atoms with Gasteiger partial charge >= 0.3 is 0 Å². The second-order valence-corrected chi connectivity index (χ2v) is 5.28. The summed E-state index contributed by atoms with van der Waals surface area (Å²) in [5.41, 5.74) is -0.610. The highest BCUT2D eigenvalue weighted by Gasteiger charge is 2.62. The van der Waals surface area contributed by atoms with E-state index in [0.29, 0.717) is 11.8 Å². The van der Waals surface area contributed by atoms with Crippen molar-refractivity contribution in [2.45, 2.75) is 45.3 Å². The molecule has 3 aliphatic carbocycles. The van der Waals surface area contributed by atoms with E-state index in [9.17, 15) is 10.2 Å². The maximum Gasteiger partial charge on any atom is 0.0910 e. The fourth-order valence-electron chi connectivity index (χ4n) is 3.15. The third kappa shape index (κ3) is 0.775. The normalized spacial score (nSPS) is 56.2. The molecule has 0 heterocycles. The van der Waals surface area contributed by atoms with Crippen LogP contribution in [0.1, 0.15) is 33.6 Å². The fourth-order valence-corrected chi connectivity index (χ4v) is 3.15. The minimum atomic E-state index is -0.849. The number of aliphatic hydroxyl groups excluding tert-OH is 1. The van der Waals surface area contributed by atoms with Crippen molar-refractivity contribution in [3.8, 4) is 0 Å². The van der Waals surface area contributed by atoms with E-state index in [0.717, 1.165) is 12.8 Å². The van der Waals surface area contributed by atoms with Gasteiger partial charge in [0, 0.05) is 0 Å². The molecule has 12 heavy (non-hydrogen) atoms. The highest BCUT2D eigenvalue weighted by Crippen LogP contribution is 2.62. The molecule has 0 spiro atoms. The van der Waals surface area contributed by atoms with Crippen LogP contribution in [-0.4, -0.2) is 21.9 Å². The maximum absolute atomic E-state index is 10.0. The summed E-state index contributed by atoms with van der Waals surface area (Å²) in [4.78, 5) is 0. The van der Waals surface area contributed by atoms with Crippen molar-refractivity contribution >= 4 is 0 Å². The van der Waals surface area contributed by atoms with E-state index in [2.05, 4.69) is 13.8 Å². The maximum atomic E-state index is 10.0. The van der Waals surface area contributed by atoms with Gasteiger partial charge < -0.3 is 10.2 Å². The Morgan fingerprint density at radius 1 is 1.17 bits per heavy atom. The van der Waals surface area contributed by atoms with Crippen LogP contribution >= 0.6 is 0 Å².